The van der Waals surface area contributed by atoms with E-state index in [0.29, 0.717) is 19.6 Å². The van der Waals surface area contributed by atoms with Gasteiger partial charge in [-0.05, 0) is 29.3 Å². The number of hydrogen-bond acceptors (Lipinski definition) is 3. The molecule has 1 N–H and O–H groups in total. The van der Waals surface area contributed by atoms with Gasteiger partial charge < -0.3 is 15.1 Å². The minimum absolute atomic E-state index is 0.113. The number of nitrogens with zero attached hydrogens (tertiary/aromatic N) is 2. The second kappa shape index (κ2) is 6.57. The fourth-order valence-corrected chi connectivity index (χ4v) is 3.84. The van der Waals surface area contributed by atoms with Crippen LogP contribution in [0.5, 0.6) is 0 Å². The quantitative estimate of drug-likeness (QED) is 0.862. The Morgan fingerprint density at radius 3 is 2.75 bits per heavy atom. The normalized spacial score (nSPS) is 20.4. The number of anilines is 1. The summed E-state index contributed by atoms with van der Waals surface area (Å²) in [5.41, 5.74) is 3.59. The number of benzene rings is 2. The molecular formula is C19H20BrN3O. The number of hydrogen-bond donors (Lipinski definition) is 1. The van der Waals surface area contributed by atoms with Gasteiger partial charge in [-0.25, -0.2) is 0 Å². The van der Waals surface area contributed by atoms with E-state index in [9.17, 15) is 4.79 Å². The van der Waals surface area contributed by atoms with Crippen LogP contribution < -0.4 is 10.2 Å². The second-order valence-electron chi connectivity index (χ2n) is 6.36. The lowest BCUT2D eigenvalue weighted by molar-refractivity contribution is -0.133. The number of fused-ring (bicyclic) bond motifs is 3. The van der Waals surface area contributed by atoms with Gasteiger partial charge in [0.1, 0.15) is 6.04 Å². The summed E-state index contributed by atoms with van der Waals surface area (Å²) < 4.78 is 1.06. The molecule has 2 aromatic carbocycles. The molecule has 1 unspecified atom stereocenters. The highest BCUT2D eigenvalue weighted by molar-refractivity contribution is 9.10. The summed E-state index contributed by atoms with van der Waals surface area (Å²) in [4.78, 5) is 17.4. The van der Waals surface area contributed by atoms with Crippen molar-refractivity contribution in [3.05, 3.63) is 64.1 Å². The van der Waals surface area contributed by atoms with Crippen LogP contribution in [-0.4, -0.2) is 36.5 Å². The van der Waals surface area contributed by atoms with E-state index in [0.717, 1.165) is 23.1 Å². The summed E-state index contributed by atoms with van der Waals surface area (Å²) >= 11 is 3.47. The van der Waals surface area contributed by atoms with Crippen LogP contribution in [0.4, 0.5) is 5.69 Å². The third kappa shape index (κ3) is 2.94. The Bertz CT molecular complexity index is 747. The van der Waals surface area contributed by atoms with E-state index in [4.69, 9.17) is 0 Å². The topological polar surface area (TPSA) is 35.6 Å². The van der Waals surface area contributed by atoms with Crippen LogP contribution in [0, 0.1) is 0 Å². The molecule has 4 nitrogen and oxygen atoms in total. The first-order valence-corrected chi connectivity index (χ1v) is 9.10. The molecule has 0 radical (unpaired) electrons. The predicted octanol–water partition coefficient (Wildman–Crippen LogP) is 2.77. The minimum atomic E-state index is -0.113. The Morgan fingerprint density at radius 1 is 1.12 bits per heavy atom. The summed E-state index contributed by atoms with van der Waals surface area (Å²) in [5.74, 6) is 0.210. The van der Waals surface area contributed by atoms with Gasteiger partial charge in [0.05, 0.1) is 0 Å². The molecule has 0 bridgehead atoms. The highest BCUT2D eigenvalue weighted by Crippen LogP contribution is 2.30. The lowest BCUT2D eigenvalue weighted by Gasteiger charge is -2.37. The fraction of sp³-hybridized carbons (Fsp3) is 0.316. The number of carbonyl (C=O) groups is 1. The monoisotopic (exact) mass is 385 g/mol. The van der Waals surface area contributed by atoms with Crippen molar-refractivity contribution in [1.82, 2.24) is 10.2 Å². The van der Waals surface area contributed by atoms with Crippen LogP contribution in [-0.2, 0) is 17.9 Å². The summed E-state index contributed by atoms with van der Waals surface area (Å²) in [6.07, 6.45) is 0. The van der Waals surface area contributed by atoms with Crippen molar-refractivity contribution in [2.45, 2.75) is 19.1 Å². The van der Waals surface area contributed by atoms with Gasteiger partial charge in [-0.15, -0.1) is 0 Å². The number of carbonyl (C=O) groups excluding carboxylic acids is 1. The standard InChI is InChI=1S/C19H20BrN3O/c20-16-7-5-14(6-8-16)12-22-13-15-3-1-2-4-17(15)23-10-9-21-11-18(23)19(22)24/h1-8,18,21H,9-13H2. The maximum atomic E-state index is 13.2. The second-order valence-corrected chi connectivity index (χ2v) is 7.28. The number of para-hydroxylation sites is 1. The molecule has 0 saturated carbocycles. The zero-order chi connectivity index (χ0) is 16.5. The van der Waals surface area contributed by atoms with E-state index in [-0.39, 0.29) is 11.9 Å². The number of amides is 1. The van der Waals surface area contributed by atoms with Gasteiger partial charge in [0.15, 0.2) is 0 Å². The smallest absolute Gasteiger partial charge is 0.247 e. The molecule has 0 aliphatic carbocycles. The van der Waals surface area contributed by atoms with Crippen molar-refractivity contribution in [2.24, 2.45) is 0 Å². The highest BCUT2D eigenvalue weighted by Gasteiger charge is 2.36. The lowest BCUT2D eigenvalue weighted by Crippen LogP contribution is -2.57. The van der Waals surface area contributed by atoms with E-state index in [1.807, 2.05) is 17.0 Å². The molecule has 0 spiro atoms. The SMILES string of the molecule is O=C1C2CNCCN2c2ccccc2CN1Cc1ccc(Br)cc1. The van der Waals surface area contributed by atoms with Crippen molar-refractivity contribution in [1.29, 1.82) is 0 Å². The average Bonchev–Trinajstić information content (AvgIpc) is 2.73. The van der Waals surface area contributed by atoms with Crippen molar-refractivity contribution in [3.8, 4) is 0 Å². The first-order chi connectivity index (χ1) is 11.7. The maximum absolute atomic E-state index is 13.2. The maximum Gasteiger partial charge on any atom is 0.247 e. The number of rotatable bonds is 2. The van der Waals surface area contributed by atoms with Crippen molar-refractivity contribution in [3.63, 3.8) is 0 Å². The fourth-order valence-electron chi connectivity index (χ4n) is 3.58. The van der Waals surface area contributed by atoms with Gasteiger partial charge >= 0.3 is 0 Å². The van der Waals surface area contributed by atoms with Gasteiger partial charge in [-0.3, -0.25) is 4.79 Å². The van der Waals surface area contributed by atoms with E-state index in [1.54, 1.807) is 0 Å². The minimum Gasteiger partial charge on any atom is -0.357 e. The molecule has 1 saturated heterocycles. The Balaban J connectivity index is 1.68. The molecule has 2 aliphatic rings. The van der Waals surface area contributed by atoms with Crippen LogP contribution in [0.3, 0.4) is 0 Å². The molecule has 0 aromatic heterocycles. The van der Waals surface area contributed by atoms with Crippen LogP contribution >= 0.6 is 15.9 Å². The molecule has 2 heterocycles. The average molecular weight is 386 g/mol. The molecule has 124 valence electrons. The Hall–Kier alpha value is -1.85. The summed E-state index contributed by atoms with van der Waals surface area (Å²) in [6, 6.07) is 16.5. The first kappa shape index (κ1) is 15.7. The van der Waals surface area contributed by atoms with Crippen molar-refractivity contribution in [2.75, 3.05) is 24.5 Å². The zero-order valence-electron chi connectivity index (χ0n) is 13.4. The molecule has 1 fully saturated rings. The molecule has 2 aliphatic heterocycles. The van der Waals surface area contributed by atoms with E-state index >= 15 is 0 Å². The molecule has 2 aromatic rings. The van der Waals surface area contributed by atoms with Crippen LogP contribution in [0.15, 0.2) is 53.0 Å². The Morgan fingerprint density at radius 2 is 1.92 bits per heavy atom. The molecular weight excluding hydrogens is 366 g/mol. The van der Waals surface area contributed by atoms with Crippen molar-refractivity contribution >= 4 is 27.5 Å². The number of piperazine rings is 1. The molecule has 1 atom stereocenters. The number of nitrogens with one attached hydrogen (secondary N) is 1. The van der Waals surface area contributed by atoms with Gasteiger partial charge in [0.25, 0.3) is 0 Å². The van der Waals surface area contributed by atoms with Crippen LogP contribution in [0.25, 0.3) is 0 Å². The Kier molecular flexibility index (Phi) is 4.29. The summed E-state index contributed by atoms with van der Waals surface area (Å²) in [5, 5.41) is 3.37. The number of halogens is 1. The molecule has 24 heavy (non-hydrogen) atoms. The van der Waals surface area contributed by atoms with Gasteiger partial charge in [-0.1, -0.05) is 46.3 Å². The molecule has 4 rings (SSSR count). The van der Waals surface area contributed by atoms with Crippen LogP contribution in [0.1, 0.15) is 11.1 Å². The zero-order valence-corrected chi connectivity index (χ0v) is 15.0. The van der Waals surface area contributed by atoms with Gasteiger partial charge in [-0.2, -0.15) is 0 Å². The molecule has 1 amide bonds. The third-order valence-corrected chi connectivity index (χ3v) is 5.32. The van der Waals surface area contributed by atoms with Crippen LogP contribution in [0.2, 0.25) is 0 Å². The predicted molar refractivity (Wildman–Crippen MR) is 98.8 cm³/mol. The Labute approximate surface area is 150 Å². The highest BCUT2D eigenvalue weighted by atomic mass is 79.9. The largest absolute Gasteiger partial charge is 0.357 e. The third-order valence-electron chi connectivity index (χ3n) is 4.79. The van der Waals surface area contributed by atoms with Gasteiger partial charge in [0.2, 0.25) is 5.91 Å². The first-order valence-electron chi connectivity index (χ1n) is 8.31. The lowest BCUT2D eigenvalue weighted by atomic mass is 10.1. The summed E-state index contributed by atoms with van der Waals surface area (Å²) in [6.45, 7) is 3.82. The summed E-state index contributed by atoms with van der Waals surface area (Å²) in [7, 11) is 0. The van der Waals surface area contributed by atoms with E-state index in [1.165, 1.54) is 11.3 Å². The van der Waals surface area contributed by atoms with Crippen molar-refractivity contribution < 1.29 is 4.79 Å². The van der Waals surface area contributed by atoms with E-state index in [2.05, 4.69) is 62.5 Å². The van der Waals surface area contributed by atoms with E-state index < -0.39 is 0 Å². The van der Waals surface area contributed by atoms with Gasteiger partial charge in [0, 0.05) is 42.9 Å². The molecule has 5 heteroatoms.